The second kappa shape index (κ2) is 9.93. The molecule has 35 heavy (non-hydrogen) atoms. The van der Waals surface area contributed by atoms with Gasteiger partial charge in [-0.1, -0.05) is 6.58 Å². The molecule has 12 heteroatoms. The number of aliphatic hydroxyl groups is 4. The molecule has 0 amide bonds. The SMILES string of the molecule is C=C1[C@H]2[C@H](O[C@H]3O[C@H](COC(=O)c4ccc(O)cc4)[C@@H](O)[C@H](O)[C@H]3O)OC=C(C(=O)O)[C@H]2C[C@H]1O. The van der Waals surface area contributed by atoms with Crippen molar-refractivity contribution in [3.63, 3.8) is 0 Å². The summed E-state index contributed by atoms with van der Waals surface area (Å²) >= 11 is 0. The average molecular weight is 494 g/mol. The van der Waals surface area contributed by atoms with Crippen molar-refractivity contribution in [1.82, 2.24) is 0 Å². The van der Waals surface area contributed by atoms with Gasteiger partial charge >= 0.3 is 11.9 Å². The molecule has 0 aromatic heterocycles. The molecule has 1 saturated carbocycles. The van der Waals surface area contributed by atoms with Crippen molar-refractivity contribution in [3.05, 3.63) is 53.8 Å². The summed E-state index contributed by atoms with van der Waals surface area (Å²) in [5.74, 6) is -3.47. The molecule has 2 fully saturated rings. The van der Waals surface area contributed by atoms with E-state index in [2.05, 4.69) is 6.58 Å². The highest BCUT2D eigenvalue weighted by Crippen LogP contribution is 2.46. The van der Waals surface area contributed by atoms with Crippen molar-refractivity contribution >= 4 is 11.9 Å². The lowest BCUT2D eigenvalue weighted by atomic mass is 9.85. The minimum atomic E-state index is -1.73. The maximum atomic E-state index is 12.2. The number of hydrogen-bond donors (Lipinski definition) is 6. The first-order valence-electron chi connectivity index (χ1n) is 10.8. The predicted molar refractivity (Wildman–Crippen MR) is 113 cm³/mol. The number of rotatable bonds is 6. The van der Waals surface area contributed by atoms with Crippen LogP contribution in [0.2, 0.25) is 0 Å². The van der Waals surface area contributed by atoms with Gasteiger partial charge in [-0.05, 0) is 36.3 Å². The van der Waals surface area contributed by atoms with E-state index in [-0.39, 0.29) is 28.9 Å². The van der Waals surface area contributed by atoms with Crippen LogP contribution in [-0.2, 0) is 23.7 Å². The number of aliphatic hydroxyl groups excluding tert-OH is 4. The van der Waals surface area contributed by atoms with E-state index in [1.807, 2.05) is 0 Å². The Morgan fingerprint density at radius 2 is 1.71 bits per heavy atom. The monoisotopic (exact) mass is 494 g/mol. The molecule has 12 nitrogen and oxygen atoms in total. The lowest BCUT2D eigenvalue weighted by molar-refractivity contribution is -0.339. The number of ether oxygens (including phenoxy) is 4. The smallest absolute Gasteiger partial charge is 0.338 e. The maximum Gasteiger partial charge on any atom is 0.338 e. The first-order valence-corrected chi connectivity index (χ1v) is 10.8. The van der Waals surface area contributed by atoms with Crippen molar-refractivity contribution in [2.45, 2.75) is 49.5 Å². The van der Waals surface area contributed by atoms with Gasteiger partial charge in [0.2, 0.25) is 6.29 Å². The van der Waals surface area contributed by atoms with Crippen LogP contribution in [-0.4, -0.2) is 92.3 Å². The summed E-state index contributed by atoms with van der Waals surface area (Å²) in [6, 6.07) is 5.25. The minimum Gasteiger partial charge on any atom is -0.508 e. The van der Waals surface area contributed by atoms with Crippen LogP contribution in [0.3, 0.4) is 0 Å². The number of benzene rings is 1. The van der Waals surface area contributed by atoms with Crippen LogP contribution in [0.15, 0.2) is 48.3 Å². The molecule has 0 spiro atoms. The Morgan fingerprint density at radius 1 is 1.03 bits per heavy atom. The summed E-state index contributed by atoms with van der Waals surface area (Å²) in [5.41, 5.74) is 0.353. The van der Waals surface area contributed by atoms with Crippen molar-refractivity contribution < 1.29 is 59.2 Å². The topological polar surface area (TPSA) is 192 Å². The average Bonchev–Trinajstić information content (AvgIpc) is 3.13. The number of carboxylic acids is 1. The Bertz CT molecular complexity index is 1000. The van der Waals surface area contributed by atoms with Gasteiger partial charge in [0.25, 0.3) is 0 Å². The van der Waals surface area contributed by atoms with Crippen LogP contribution in [0.4, 0.5) is 0 Å². The molecular weight excluding hydrogens is 468 g/mol. The predicted octanol–water partition coefficient (Wildman–Crippen LogP) is -0.749. The molecule has 3 aliphatic rings. The number of aromatic hydroxyl groups is 1. The van der Waals surface area contributed by atoms with Crippen molar-refractivity contribution in [1.29, 1.82) is 0 Å². The Labute approximate surface area is 199 Å². The van der Waals surface area contributed by atoms with E-state index in [1.165, 1.54) is 24.3 Å². The first-order chi connectivity index (χ1) is 16.6. The number of esters is 1. The number of phenolic OH excluding ortho intramolecular Hbond substituents is 1. The second-order valence-electron chi connectivity index (χ2n) is 8.64. The van der Waals surface area contributed by atoms with Gasteiger partial charge in [-0.2, -0.15) is 0 Å². The fourth-order valence-electron chi connectivity index (χ4n) is 4.48. The number of carbonyl (C=O) groups excluding carboxylic acids is 1. The summed E-state index contributed by atoms with van der Waals surface area (Å²) in [4.78, 5) is 23.8. The van der Waals surface area contributed by atoms with Gasteiger partial charge in [-0.15, -0.1) is 0 Å². The highest BCUT2D eigenvalue weighted by Gasteiger charge is 2.52. The van der Waals surface area contributed by atoms with Crippen molar-refractivity contribution in [3.8, 4) is 5.75 Å². The molecule has 1 aromatic rings. The number of aliphatic carboxylic acids is 1. The Balaban J connectivity index is 1.45. The van der Waals surface area contributed by atoms with Gasteiger partial charge in [0.05, 0.1) is 29.4 Å². The molecule has 9 atom stereocenters. The van der Waals surface area contributed by atoms with Crippen molar-refractivity contribution in [2.24, 2.45) is 11.8 Å². The number of phenols is 1. The molecule has 1 saturated heterocycles. The van der Waals surface area contributed by atoms with Crippen molar-refractivity contribution in [2.75, 3.05) is 6.61 Å². The standard InChI is InChI=1S/C23H26O12/c1-9-14(25)6-12-13(20(29)30)7-33-22(16(9)12)35-23-19(28)18(27)17(26)15(34-23)8-32-21(31)10-2-4-11(24)5-3-10/h2-5,7,12,14-19,22-28H,1,6,8H2,(H,29,30)/t12-,14-,15-,16-,17-,18+,19-,22+,23-/m1/s1. The van der Waals surface area contributed by atoms with Gasteiger partial charge in [-0.25, -0.2) is 9.59 Å². The summed E-state index contributed by atoms with van der Waals surface area (Å²) < 4.78 is 21.8. The third kappa shape index (κ3) is 4.89. The normalized spacial score (nSPS) is 36.6. The summed E-state index contributed by atoms with van der Waals surface area (Å²) in [5, 5.41) is 60.0. The van der Waals surface area contributed by atoms with Crippen LogP contribution in [0.25, 0.3) is 0 Å². The minimum absolute atomic E-state index is 0.0420. The highest BCUT2D eigenvalue weighted by atomic mass is 16.8. The maximum absolute atomic E-state index is 12.2. The van der Waals surface area contributed by atoms with Gasteiger partial charge < -0.3 is 49.6 Å². The second-order valence-corrected chi connectivity index (χ2v) is 8.64. The van der Waals surface area contributed by atoms with E-state index in [4.69, 9.17) is 18.9 Å². The highest BCUT2D eigenvalue weighted by molar-refractivity contribution is 5.89. The summed E-state index contributed by atoms with van der Waals surface area (Å²) in [7, 11) is 0. The lowest BCUT2D eigenvalue weighted by Gasteiger charge is -2.42. The van der Waals surface area contributed by atoms with Crippen LogP contribution in [0, 0.1) is 11.8 Å². The number of carboxylic acid groups (broad SMARTS) is 1. The zero-order valence-corrected chi connectivity index (χ0v) is 18.3. The first kappa shape index (κ1) is 25.1. The van der Waals surface area contributed by atoms with E-state index < -0.39 is 73.5 Å². The third-order valence-corrected chi connectivity index (χ3v) is 6.45. The largest absolute Gasteiger partial charge is 0.508 e. The Kier molecular flexibility index (Phi) is 7.12. The number of carbonyl (C=O) groups is 2. The quantitative estimate of drug-likeness (QED) is 0.214. The molecule has 190 valence electrons. The van der Waals surface area contributed by atoms with E-state index in [0.29, 0.717) is 0 Å². The van der Waals surface area contributed by atoms with E-state index in [9.17, 15) is 40.2 Å². The third-order valence-electron chi connectivity index (χ3n) is 6.45. The van der Waals surface area contributed by atoms with E-state index in [0.717, 1.165) is 6.26 Å². The summed E-state index contributed by atoms with van der Waals surface area (Å²) in [6.07, 6.45) is -9.03. The molecule has 2 aliphatic heterocycles. The van der Waals surface area contributed by atoms with Crippen LogP contribution >= 0.6 is 0 Å². The molecular formula is C23H26O12. The molecule has 4 rings (SSSR count). The fourth-order valence-corrected chi connectivity index (χ4v) is 4.48. The van der Waals surface area contributed by atoms with Gasteiger partial charge in [0, 0.05) is 5.92 Å². The zero-order chi connectivity index (χ0) is 25.4. The Morgan fingerprint density at radius 3 is 2.37 bits per heavy atom. The molecule has 0 unspecified atom stereocenters. The van der Waals surface area contributed by atoms with Crippen LogP contribution in [0.5, 0.6) is 5.75 Å². The van der Waals surface area contributed by atoms with Crippen LogP contribution in [0.1, 0.15) is 16.8 Å². The number of fused-ring (bicyclic) bond motifs is 1. The van der Waals surface area contributed by atoms with Gasteiger partial charge in [0.1, 0.15) is 36.8 Å². The molecule has 2 heterocycles. The lowest BCUT2D eigenvalue weighted by Crippen LogP contribution is -2.60. The molecule has 6 N–H and O–H groups in total. The molecule has 1 aliphatic carbocycles. The molecule has 1 aromatic carbocycles. The zero-order valence-electron chi connectivity index (χ0n) is 18.3. The van der Waals surface area contributed by atoms with Gasteiger partial charge in [0.15, 0.2) is 6.29 Å². The molecule has 0 radical (unpaired) electrons. The summed E-state index contributed by atoms with van der Waals surface area (Å²) in [6.45, 7) is 3.30. The van der Waals surface area contributed by atoms with Gasteiger partial charge in [-0.3, -0.25) is 0 Å². The fraction of sp³-hybridized carbons (Fsp3) is 0.478. The number of hydrogen-bond acceptors (Lipinski definition) is 11. The van der Waals surface area contributed by atoms with Crippen LogP contribution < -0.4 is 0 Å². The Hall–Kier alpha value is -3.00. The molecule has 0 bridgehead atoms. The van der Waals surface area contributed by atoms with E-state index in [1.54, 1.807) is 0 Å². The van der Waals surface area contributed by atoms with E-state index >= 15 is 0 Å².